The third kappa shape index (κ3) is 3.32. The number of allylic oxidation sites excluding steroid dienone is 1. The largest absolute Gasteiger partial charge is 0.872 e. The van der Waals surface area contributed by atoms with Gasteiger partial charge in [0.25, 0.3) is 0 Å². The zero-order valence-corrected chi connectivity index (χ0v) is 17.1. The van der Waals surface area contributed by atoms with Gasteiger partial charge in [0.2, 0.25) is 5.78 Å². The predicted octanol–water partition coefficient (Wildman–Crippen LogP) is 2.78. The monoisotopic (exact) mass is 390 g/mol. The number of carbonyl (C=O) groups is 1. The fourth-order valence-corrected chi connectivity index (χ4v) is 4.00. The number of benzene rings is 2. The second-order valence-corrected chi connectivity index (χ2v) is 7.38. The van der Waals surface area contributed by atoms with Gasteiger partial charge in [-0.2, -0.15) is 0 Å². The maximum Gasteiger partial charge on any atom is 0.231 e. The molecule has 0 spiro atoms. The summed E-state index contributed by atoms with van der Waals surface area (Å²) in [6.45, 7) is 9.49. The van der Waals surface area contributed by atoms with E-state index in [1.165, 1.54) is 11.0 Å². The Morgan fingerprint density at radius 3 is 2.59 bits per heavy atom. The first-order valence-electron chi connectivity index (χ1n) is 10.3. The topological polar surface area (TPSA) is 58.7 Å². The zero-order valence-electron chi connectivity index (χ0n) is 17.1. The van der Waals surface area contributed by atoms with E-state index in [1.54, 1.807) is 12.1 Å². The number of nitrogens with zero attached hydrogens (tertiary/aromatic N) is 1. The van der Waals surface area contributed by atoms with Crippen LogP contribution in [0.15, 0.2) is 48.4 Å². The molecule has 0 saturated heterocycles. The van der Waals surface area contributed by atoms with Crippen LogP contribution in [0.1, 0.15) is 42.3 Å². The number of quaternary nitrogens is 1. The van der Waals surface area contributed by atoms with Gasteiger partial charge in [-0.25, -0.2) is 0 Å². The number of carbonyl (C=O) groups excluding carboxylic acids is 1. The van der Waals surface area contributed by atoms with Gasteiger partial charge in [-0.3, -0.25) is 4.79 Å². The van der Waals surface area contributed by atoms with E-state index >= 15 is 0 Å². The number of rotatable bonds is 6. The van der Waals surface area contributed by atoms with Crippen molar-refractivity contribution >= 4 is 22.8 Å². The van der Waals surface area contributed by atoms with Crippen LogP contribution in [0.2, 0.25) is 0 Å². The van der Waals surface area contributed by atoms with E-state index < -0.39 is 0 Å². The number of para-hydroxylation sites is 1. The first-order valence-corrected chi connectivity index (χ1v) is 10.3. The first kappa shape index (κ1) is 19.3. The van der Waals surface area contributed by atoms with E-state index in [-0.39, 0.29) is 17.3 Å². The summed E-state index contributed by atoms with van der Waals surface area (Å²) in [6, 6.07) is 11.2. The molecule has 1 aromatic heterocycles. The highest BCUT2D eigenvalue weighted by atomic mass is 16.5. The maximum absolute atomic E-state index is 13.0. The smallest absolute Gasteiger partial charge is 0.231 e. The number of hydrogen-bond donors (Lipinski definition) is 1. The van der Waals surface area contributed by atoms with E-state index in [0.29, 0.717) is 23.4 Å². The average Bonchev–Trinajstić information content (AvgIpc) is 3.26. The van der Waals surface area contributed by atoms with Crippen LogP contribution >= 0.6 is 0 Å². The molecule has 0 fully saturated rings. The Labute approximate surface area is 170 Å². The summed E-state index contributed by atoms with van der Waals surface area (Å²) in [7, 11) is 0. The maximum atomic E-state index is 13.0. The number of ether oxygens (including phenoxy) is 1. The van der Waals surface area contributed by atoms with Gasteiger partial charge in [-0.1, -0.05) is 30.0 Å². The third-order valence-corrected chi connectivity index (χ3v) is 5.77. The molecule has 2 aromatic carbocycles. The van der Waals surface area contributed by atoms with Crippen LogP contribution in [0.5, 0.6) is 11.5 Å². The summed E-state index contributed by atoms with van der Waals surface area (Å²) in [5, 5.41) is 13.6. The fourth-order valence-electron chi connectivity index (χ4n) is 4.00. The molecule has 0 saturated carbocycles. The van der Waals surface area contributed by atoms with Crippen molar-refractivity contribution in [2.75, 3.05) is 13.1 Å². The Morgan fingerprint density at radius 2 is 1.86 bits per heavy atom. The van der Waals surface area contributed by atoms with Gasteiger partial charge < -0.3 is 19.3 Å². The van der Waals surface area contributed by atoms with Gasteiger partial charge in [-0.05, 0) is 39.0 Å². The molecule has 0 bridgehead atoms. The summed E-state index contributed by atoms with van der Waals surface area (Å²) >= 11 is 0. The van der Waals surface area contributed by atoms with Crippen LogP contribution in [-0.4, -0.2) is 23.4 Å². The number of fused-ring (bicyclic) bond motifs is 2. The minimum atomic E-state index is -0.163. The minimum Gasteiger partial charge on any atom is -0.872 e. The first-order chi connectivity index (χ1) is 14.1. The summed E-state index contributed by atoms with van der Waals surface area (Å²) in [4.78, 5) is 14.3. The van der Waals surface area contributed by atoms with Crippen molar-refractivity contribution in [2.24, 2.45) is 0 Å². The summed E-state index contributed by atoms with van der Waals surface area (Å²) in [5.74, 6) is 0.483. The number of aryl methyl sites for hydroxylation is 1. The Bertz CT molecular complexity index is 1110. The molecule has 0 radical (unpaired) electrons. The molecule has 150 valence electrons. The van der Waals surface area contributed by atoms with Crippen LogP contribution in [-0.2, 0) is 13.1 Å². The van der Waals surface area contributed by atoms with Gasteiger partial charge >= 0.3 is 0 Å². The molecule has 5 heteroatoms. The van der Waals surface area contributed by atoms with E-state index in [0.717, 1.165) is 36.1 Å². The van der Waals surface area contributed by atoms with Crippen LogP contribution in [0.25, 0.3) is 17.0 Å². The van der Waals surface area contributed by atoms with Gasteiger partial charge in [0.1, 0.15) is 12.3 Å². The van der Waals surface area contributed by atoms with Crippen molar-refractivity contribution in [2.45, 2.75) is 33.9 Å². The highest BCUT2D eigenvalue weighted by Gasteiger charge is 2.31. The average molecular weight is 390 g/mol. The highest BCUT2D eigenvalue weighted by molar-refractivity contribution is 6.15. The van der Waals surface area contributed by atoms with Crippen LogP contribution < -0.4 is 14.7 Å². The van der Waals surface area contributed by atoms with Crippen molar-refractivity contribution < 1.29 is 19.5 Å². The predicted molar refractivity (Wildman–Crippen MR) is 112 cm³/mol. The van der Waals surface area contributed by atoms with Gasteiger partial charge in [0, 0.05) is 34.8 Å². The van der Waals surface area contributed by atoms with Gasteiger partial charge in [-0.15, -0.1) is 0 Å². The molecule has 1 aliphatic heterocycles. The normalized spacial score (nSPS) is 14.8. The fraction of sp³-hybridized carbons (Fsp3) is 0.292. The number of Topliss-reactive ketones (excluding diaryl/α,β-unsaturated/α-hetero) is 1. The standard InChI is InChI=1S/C24H26N2O3/c1-4-25(5-2)15-19-21(27)12-11-18-23(28)22(29-24(18)19)13-16-14-26(6-3)20-10-8-7-9-17(16)20/h7-14,27H,4-6,15H2,1-3H3/b22-13-. The van der Waals surface area contributed by atoms with E-state index in [2.05, 4.69) is 31.4 Å². The molecule has 4 rings (SSSR count). The van der Waals surface area contributed by atoms with E-state index in [9.17, 15) is 9.90 Å². The molecule has 1 aliphatic rings. The second-order valence-electron chi connectivity index (χ2n) is 7.38. The number of hydrogen-bond acceptors (Lipinski definition) is 3. The second kappa shape index (κ2) is 7.76. The molecule has 29 heavy (non-hydrogen) atoms. The molecule has 0 aliphatic carbocycles. The van der Waals surface area contributed by atoms with Crippen LogP contribution in [0.3, 0.4) is 0 Å². The van der Waals surface area contributed by atoms with Crippen molar-refractivity contribution in [1.82, 2.24) is 4.57 Å². The Hall–Kier alpha value is -3.05. The lowest BCUT2D eigenvalue weighted by Gasteiger charge is -2.21. The molecular weight excluding hydrogens is 364 g/mol. The van der Waals surface area contributed by atoms with Crippen LogP contribution in [0, 0.1) is 0 Å². The quantitative estimate of drug-likeness (QED) is 0.659. The molecule has 0 atom stereocenters. The summed E-state index contributed by atoms with van der Waals surface area (Å²) < 4.78 is 8.16. The lowest BCUT2D eigenvalue weighted by atomic mass is 10.0. The SMILES string of the molecule is CCn1cc(/C=C2\Oc3c(ccc([O-])c3C[NH+](CC)CC)C2=O)c2ccccc21. The third-order valence-electron chi connectivity index (χ3n) is 5.77. The van der Waals surface area contributed by atoms with E-state index in [1.807, 2.05) is 24.4 Å². The summed E-state index contributed by atoms with van der Waals surface area (Å²) in [6.07, 6.45) is 3.84. The van der Waals surface area contributed by atoms with E-state index in [4.69, 9.17) is 4.74 Å². The number of nitrogens with one attached hydrogen (secondary N) is 1. The molecule has 5 nitrogen and oxygen atoms in total. The van der Waals surface area contributed by atoms with Crippen molar-refractivity contribution in [3.63, 3.8) is 0 Å². The molecule has 0 amide bonds. The number of aromatic nitrogens is 1. The van der Waals surface area contributed by atoms with Crippen molar-refractivity contribution in [1.29, 1.82) is 0 Å². The number of ketones is 1. The van der Waals surface area contributed by atoms with Crippen LogP contribution in [0.4, 0.5) is 0 Å². The van der Waals surface area contributed by atoms with Crippen molar-refractivity contribution in [3.05, 3.63) is 65.0 Å². The Kier molecular flexibility index (Phi) is 5.16. The lowest BCUT2D eigenvalue weighted by molar-refractivity contribution is -0.910. The molecule has 1 N–H and O–H groups in total. The van der Waals surface area contributed by atoms with Gasteiger partial charge in [0.05, 0.1) is 18.7 Å². The summed E-state index contributed by atoms with van der Waals surface area (Å²) in [5.41, 5.74) is 3.14. The Balaban J connectivity index is 1.76. The van der Waals surface area contributed by atoms with Crippen molar-refractivity contribution in [3.8, 4) is 11.5 Å². The zero-order chi connectivity index (χ0) is 20.5. The molecular formula is C24H26N2O3. The Morgan fingerprint density at radius 1 is 1.10 bits per heavy atom. The molecule has 0 unspecified atom stereocenters. The lowest BCUT2D eigenvalue weighted by Crippen LogP contribution is -3.10. The molecule has 3 aromatic rings. The van der Waals surface area contributed by atoms with Gasteiger partial charge in [0.15, 0.2) is 5.76 Å². The minimum absolute atomic E-state index is 0.0696. The molecule has 2 heterocycles. The highest BCUT2D eigenvalue weighted by Crippen LogP contribution is 2.38.